The normalized spacial score (nSPS) is 11.1. The van der Waals surface area contributed by atoms with E-state index < -0.39 is 0 Å². The Labute approximate surface area is 140 Å². The van der Waals surface area contributed by atoms with Crippen LogP contribution in [0.25, 0.3) is 11.0 Å². The maximum absolute atomic E-state index is 13.0. The van der Waals surface area contributed by atoms with Crippen LogP contribution in [0.15, 0.2) is 45.4 Å². The molecule has 5 heteroatoms. The molecular weight excluding hydrogens is 306 g/mol. The van der Waals surface area contributed by atoms with Gasteiger partial charge in [0.1, 0.15) is 11.3 Å². The van der Waals surface area contributed by atoms with Gasteiger partial charge >= 0.3 is 0 Å². The number of para-hydroxylation sites is 1. The summed E-state index contributed by atoms with van der Waals surface area (Å²) in [5.74, 6) is 0.947. The van der Waals surface area contributed by atoms with Crippen molar-refractivity contribution < 1.29 is 18.4 Å². The third kappa shape index (κ3) is 3.08. The summed E-state index contributed by atoms with van der Waals surface area (Å²) in [6.07, 6.45) is 1.60. The highest BCUT2D eigenvalue weighted by Gasteiger charge is 2.24. The zero-order valence-electron chi connectivity index (χ0n) is 14.2. The fourth-order valence-electron chi connectivity index (χ4n) is 2.78. The largest absolute Gasteiger partial charge is 0.467 e. The number of hydrogen-bond acceptors (Lipinski definition) is 4. The number of methoxy groups -OCH3 is 1. The van der Waals surface area contributed by atoms with Crippen LogP contribution in [0, 0.1) is 13.8 Å². The number of fused-ring (bicyclic) bond motifs is 1. The van der Waals surface area contributed by atoms with Crippen molar-refractivity contribution in [1.29, 1.82) is 0 Å². The van der Waals surface area contributed by atoms with Crippen molar-refractivity contribution in [1.82, 2.24) is 4.90 Å². The van der Waals surface area contributed by atoms with Crippen molar-refractivity contribution in [2.75, 3.05) is 20.3 Å². The van der Waals surface area contributed by atoms with Gasteiger partial charge in [-0.05, 0) is 31.5 Å². The van der Waals surface area contributed by atoms with E-state index in [1.165, 1.54) is 0 Å². The van der Waals surface area contributed by atoms with E-state index in [4.69, 9.17) is 13.6 Å². The average molecular weight is 327 g/mol. The van der Waals surface area contributed by atoms with E-state index in [0.29, 0.717) is 25.5 Å². The van der Waals surface area contributed by atoms with Crippen LogP contribution in [0.3, 0.4) is 0 Å². The molecule has 126 valence electrons. The van der Waals surface area contributed by atoms with Crippen molar-refractivity contribution >= 4 is 16.9 Å². The van der Waals surface area contributed by atoms with E-state index in [1.54, 1.807) is 18.3 Å². The van der Waals surface area contributed by atoms with Crippen LogP contribution >= 0.6 is 0 Å². The molecule has 0 saturated heterocycles. The molecule has 1 amide bonds. The molecule has 0 atom stereocenters. The van der Waals surface area contributed by atoms with Gasteiger partial charge in [-0.25, -0.2) is 0 Å². The number of hydrogen-bond donors (Lipinski definition) is 0. The van der Waals surface area contributed by atoms with Gasteiger partial charge in [0.2, 0.25) is 0 Å². The SMILES string of the molecule is COCCN(Cc1ccco1)C(=O)c1oc2c(C)cccc2c1C. The van der Waals surface area contributed by atoms with Crippen LogP contribution in [-0.2, 0) is 11.3 Å². The summed E-state index contributed by atoms with van der Waals surface area (Å²) < 4.78 is 16.4. The summed E-state index contributed by atoms with van der Waals surface area (Å²) in [5.41, 5.74) is 2.65. The molecule has 24 heavy (non-hydrogen) atoms. The Morgan fingerprint density at radius 3 is 2.71 bits per heavy atom. The van der Waals surface area contributed by atoms with Gasteiger partial charge in [0, 0.05) is 24.6 Å². The third-order valence-corrected chi connectivity index (χ3v) is 4.13. The summed E-state index contributed by atoms with van der Waals surface area (Å²) in [6, 6.07) is 9.59. The molecule has 0 radical (unpaired) electrons. The Hall–Kier alpha value is -2.53. The van der Waals surface area contributed by atoms with Gasteiger partial charge in [0.05, 0.1) is 19.4 Å². The molecule has 3 aromatic rings. The molecule has 0 aliphatic carbocycles. The summed E-state index contributed by atoms with van der Waals surface area (Å²) in [4.78, 5) is 14.7. The minimum absolute atomic E-state index is 0.156. The molecule has 0 N–H and O–H groups in total. The quantitative estimate of drug-likeness (QED) is 0.688. The third-order valence-electron chi connectivity index (χ3n) is 4.13. The zero-order chi connectivity index (χ0) is 17.1. The van der Waals surface area contributed by atoms with E-state index in [-0.39, 0.29) is 5.91 Å². The lowest BCUT2D eigenvalue weighted by Gasteiger charge is -2.20. The average Bonchev–Trinajstić information content (AvgIpc) is 3.20. The van der Waals surface area contributed by atoms with E-state index in [9.17, 15) is 4.79 Å². The Kier molecular flexibility index (Phi) is 4.71. The van der Waals surface area contributed by atoms with Crippen LogP contribution in [0.5, 0.6) is 0 Å². The fraction of sp³-hybridized carbons (Fsp3) is 0.316. The Balaban J connectivity index is 1.94. The molecule has 0 bridgehead atoms. The molecule has 0 fully saturated rings. The minimum Gasteiger partial charge on any atom is -0.467 e. The summed E-state index contributed by atoms with van der Waals surface area (Å²) >= 11 is 0. The molecule has 3 rings (SSSR count). The van der Waals surface area contributed by atoms with Crippen LogP contribution in [0.2, 0.25) is 0 Å². The lowest BCUT2D eigenvalue weighted by molar-refractivity contribution is 0.0637. The van der Waals surface area contributed by atoms with E-state index in [1.807, 2.05) is 44.2 Å². The number of ether oxygens (including phenoxy) is 1. The Morgan fingerprint density at radius 1 is 1.21 bits per heavy atom. The molecule has 0 unspecified atom stereocenters. The molecule has 0 aliphatic heterocycles. The van der Waals surface area contributed by atoms with E-state index >= 15 is 0 Å². The number of nitrogens with zero attached hydrogens (tertiary/aromatic N) is 1. The first-order chi connectivity index (χ1) is 11.6. The second-order valence-electron chi connectivity index (χ2n) is 5.81. The Bertz CT molecular complexity index is 833. The highest BCUT2D eigenvalue weighted by molar-refractivity contribution is 5.99. The summed E-state index contributed by atoms with van der Waals surface area (Å²) in [6.45, 7) is 5.19. The second kappa shape index (κ2) is 6.93. The molecule has 2 aromatic heterocycles. The molecule has 2 heterocycles. The maximum atomic E-state index is 13.0. The number of furan rings is 2. The minimum atomic E-state index is -0.156. The lowest BCUT2D eigenvalue weighted by Crippen LogP contribution is -2.33. The van der Waals surface area contributed by atoms with Gasteiger partial charge in [-0.3, -0.25) is 4.79 Å². The highest BCUT2D eigenvalue weighted by atomic mass is 16.5. The molecule has 0 saturated carbocycles. The topological polar surface area (TPSA) is 55.8 Å². The van der Waals surface area contributed by atoms with Gasteiger partial charge in [-0.15, -0.1) is 0 Å². The van der Waals surface area contributed by atoms with E-state index in [0.717, 1.165) is 27.9 Å². The van der Waals surface area contributed by atoms with Gasteiger partial charge in [0.25, 0.3) is 5.91 Å². The molecular formula is C19H21NO4. The molecule has 1 aromatic carbocycles. The first kappa shape index (κ1) is 16.3. The van der Waals surface area contributed by atoms with Crippen molar-refractivity contribution in [3.63, 3.8) is 0 Å². The van der Waals surface area contributed by atoms with Crippen molar-refractivity contribution in [3.8, 4) is 0 Å². The summed E-state index contributed by atoms with van der Waals surface area (Å²) in [7, 11) is 1.62. The van der Waals surface area contributed by atoms with Gasteiger partial charge in [-0.1, -0.05) is 18.2 Å². The number of rotatable bonds is 6. The van der Waals surface area contributed by atoms with Crippen LogP contribution < -0.4 is 0 Å². The smallest absolute Gasteiger partial charge is 0.290 e. The first-order valence-electron chi connectivity index (χ1n) is 7.91. The van der Waals surface area contributed by atoms with Crippen LogP contribution in [0.4, 0.5) is 0 Å². The molecule has 5 nitrogen and oxygen atoms in total. The van der Waals surface area contributed by atoms with Crippen LogP contribution in [-0.4, -0.2) is 31.1 Å². The Morgan fingerprint density at radius 2 is 2.04 bits per heavy atom. The van der Waals surface area contributed by atoms with Crippen molar-refractivity contribution in [2.45, 2.75) is 20.4 Å². The highest BCUT2D eigenvalue weighted by Crippen LogP contribution is 2.28. The van der Waals surface area contributed by atoms with Gasteiger partial charge in [0.15, 0.2) is 5.76 Å². The summed E-state index contributed by atoms with van der Waals surface area (Å²) in [5, 5.41) is 0.975. The number of carbonyl (C=O) groups excluding carboxylic acids is 1. The predicted octanol–water partition coefficient (Wildman–Crippen LogP) is 3.93. The zero-order valence-corrected chi connectivity index (χ0v) is 14.2. The predicted molar refractivity (Wildman–Crippen MR) is 91.0 cm³/mol. The van der Waals surface area contributed by atoms with E-state index in [2.05, 4.69) is 0 Å². The molecule has 0 spiro atoms. The molecule has 0 aliphatic rings. The number of aryl methyl sites for hydroxylation is 2. The number of amides is 1. The maximum Gasteiger partial charge on any atom is 0.290 e. The lowest BCUT2D eigenvalue weighted by atomic mass is 10.1. The van der Waals surface area contributed by atoms with Crippen molar-refractivity contribution in [2.24, 2.45) is 0 Å². The van der Waals surface area contributed by atoms with Crippen LogP contribution in [0.1, 0.15) is 27.4 Å². The van der Waals surface area contributed by atoms with Gasteiger partial charge in [-0.2, -0.15) is 0 Å². The standard InChI is InChI=1S/C19H21NO4/c1-13-6-4-8-16-14(2)18(24-17(13)16)19(21)20(9-11-22-3)12-15-7-5-10-23-15/h4-8,10H,9,11-12H2,1-3H3. The number of benzene rings is 1. The fourth-order valence-corrected chi connectivity index (χ4v) is 2.78. The first-order valence-corrected chi connectivity index (χ1v) is 7.91. The second-order valence-corrected chi connectivity index (χ2v) is 5.81. The number of carbonyl (C=O) groups is 1. The van der Waals surface area contributed by atoms with Crippen molar-refractivity contribution in [3.05, 3.63) is 59.2 Å². The monoisotopic (exact) mass is 327 g/mol. The van der Waals surface area contributed by atoms with Gasteiger partial charge < -0.3 is 18.5 Å².